The first-order chi connectivity index (χ1) is 8.88. The summed E-state index contributed by atoms with van der Waals surface area (Å²) in [5.41, 5.74) is 5.00. The molecule has 2 unspecified atom stereocenters. The van der Waals surface area contributed by atoms with E-state index in [-0.39, 0.29) is 0 Å². The molecule has 4 rings (SSSR count). The van der Waals surface area contributed by atoms with E-state index in [1.807, 2.05) is 0 Å². The quantitative estimate of drug-likeness (QED) is 0.641. The van der Waals surface area contributed by atoms with Crippen LogP contribution in [0.5, 0.6) is 0 Å². The van der Waals surface area contributed by atoms with Crippen LogP contribution >= 0.6 is 0 Å². The molecular formula is C18H20. The Bertz CT molecular complexity index is 609. The van der Waals surface area contributed by atoms with Crippen LogP contribution in [0, 0.1) is 0 Å². The maximum absolute atomic E-state index is 2.42. The number of hydrogen-bond acceptors (Lipinski definition) is 0. The van der Waals surface area contributed by atoms with Gasteiger partial charge in [-0.1, -0.05) is 37.3 Å². The molecule has 0 heterocycles. The summed E-state index contributed by atoms with van der Waals surface area (Å²) in [6.07, 6.45) is 6.78. The molecule has 0 heteroatoms. The van der Waals surface area contributed by atoms with E-state index in [2.05, 4.69) is 37.3 Å². The Hall–Kier alpha value is -1.30. The van der Waals surface area contributed by atoms with Gasteiger partial charge in [0.15, 0.2) is 0 Å². The highest BCUT2D eigenvalue weighted by molar-refractivity contribution is 5.91. The molecule has 18 heavy (non-hydrogen) atoms. The van der Waals surface area contributed by atoms with Crippen molar-refractivity contribution in [3.63, 3.8) is 0 Å². The van der Waals surface area contributed by atoms with E-state index in [4.69, 9.17) is 0 Å². The van der Waals surface area contributed by atoms with Crippen LogP contribution in [0.25, 0.3) is 10.8 Å². The highest BCUT2D eigenvalue weighted by Gasteiger charge is 2.30. The van der Waals surface area contributed by atoms with Gasteiger partial charge in [0, 0.05) is 0 Å². The lowest BCUT2D eigenvalue weighted by Crippen LogP contribution is -2.18. The van der Waals surface area contributed by atoms with E-state index < -0.39 is 0 Å². The average Bonchev–Trinajstić information content (AvgIpc) is 2.44. The van der Waals surface area contributed by atoms with Crippen molar-refractivity contribution in [2.24, 2.45) is 0 Å². The molecule has 0 aromatic heterocycles. The zero-order valence-corrected chi connectivity index (χ0v) is 11.1. The third-order valence-electron chi connectivity index (χ3n) is 5.17. The highest BCUT2D eigenvalue weighted by Crippen LogP contribution is 2.48. The fourth-order valence-electron chi connectivity index (χ4n) is 4.25. The third-order valence-corrected chi connectivity index (χ3v) is 5.17. The maximum atomic E-state index is 2.42. The summed E-state index contributed by atoms with van der Waals surface area (Å²) >= 11 is 0. The topological polar surface area (TPSA) is 0 Å². The van der Waals surface area contributed by atoms with Crippen LogP contribution in [0.4, 0.5) is 0 Å². The normalized spacial score (nSPS) is 25.4. The van der Waals surface area contributed by atoms with E-state index in [0.29, 0.717) is 0 Å². The standard InChI is InChI=1S/C18H20/c1-2-12-6-7-15-9-8-13-4-3-5-14-10-11-16(12)18(15)17(13)14/h3-5,10-12,15H,2,6-9H2,1H3. The fourth-order valence-corrected chi connectivity index (χ4v) is 4.25. The second-order valence-electron chi connectivity index (χ2n) is 6.00. The largest absolute Gasteiger partial charge is 0.0648 e. The Kier molecular flexibility index (Phi) is 2.27. The van der Waals surface area contributed by atoms with Crippen molar-refractivity contribution in [1.82, 2.24) is 0 Å². The molecule has 0 aliphatic heterocycles. The van der Waals surface area contributed by atoms with Crippen LogP contribution in [0.1, 0.15) is 61.1 Å². The number of hydrogen-bond donors (Lipinski definition) is 0. The number of benzene rings is 2. The van der Waals surface area contributed by atoms with Crippen molar-refractivity contribution >= 4 is 10.8 Å². The Labute approximate surface area is 109 Å². The lowest BCUT2D eigenvalue weighted by atomic mass is 9.69. The molecular weight excluding hydrogens is 216 g/mol. The Morgan fingerprint density at radius 2 is 2.00 bits per heavy atom. The van der Waals surface area contributed by atoms with Crippen LogP contribution in [0.2, 0.25) is 0 Å². The lowest BCUT2D eigenvalue weighted by Gasteiger charge is -2.35. The molecule has 0 nitrogen and oxygen atoms in total. The average molecular weight is 236 g/mol. The van der Waals surface area contributed by atoms with Gasteiger partial charge in [0.2, 0.25) is 0 Å². The van der Waals surface area contributed by atoms with Gasteiger partial charge in [-0.3, -0.25) is 0 Å². The van der Waals surface area contributed by atoms with E-state index in [1.54, 1.807) is 22.1 Å². The van der Waals surface area contributed by atoms with Crippen molar-refractivity contribution < 1.29 is 0 Å². The Balaban J connectivity index is 2.09. The molecule has 0 fully saturated rings. The van der Waals surface area contributed by atoms with Crippen molar-refractivity contribution in [3.8, 4) is 0 Å². The molecule has 0 spiro atoms. The summed E-state index contributed by atoms with van der Waals surface area (Å²) in [4.78, 5) is 0. The van der Waals surface area contributed by atoms with E-state index >= 15 is 0 Å². The first kappa shape index (κ1) is 10.6. The zero-order chi connectivity index (χ0) is 12.1. The minimum atomic E-state index is 0.812. The van der Waals surface area contributed by atoms with Crippen molar-refractivity contribution in [1.29, 1.82) is 0 Å². The predicted octanol–water partition coefficient (Wildman–Crippen LogP) is 5.16. The number of aryl methyl sites for hydroxylation is 1. The monoisotopic (exact) mass is 236 g/mol. The first-order valence-corrected chi connectivity index (χ1v) is 7.43. The van der Waals surface area contributed by atoms with Gasteiger partial charge in [-0.05, 0) is 71.4 Å². The van der Waals surface area contributed by atoms with Gasteiger partial charge in [0.05, 0.1) is 0 Å². The summed E-state index contributed by atoms with van der Waals surface area (Å²) in [5.74, 6) is 1.66. The van der Waals surface area contributed by atoms with Gasteiger partial charge < -0.3 is 0 Å². The summed E-state index contributed by atoms with van der Waals surface area (Å²) in [5, 5.41) is 3.08. The van der Waals surface area contributed by atoms with Crippen LogP contribution in [0.15, 0.2) is 30.3 Å². The van der Waals surface area contributed by atoms with Gasteiger partial charge in [0.1, 0.15) is 0 Å². The van der Waals surface area contributed by atoms with Gasteiger partial charge in [0.25, 0.3) is 0 Å². The summed E-state index contributed by atoms with van der Waals surface area (Å²) < 4.78 is 0. The van der Waals surface area contributed by atoms with Gasteiger partial charge in [-0.15, -0.1) is 0 Å². The predicted molar refractivity (Wildman–Crippen MR) is 77.3 cm³/mol. The molecule has 0 saturated heterocycles. The molecule has 0 radical (unpaired) electrons. The third kappa shape index (κ3) is 1.32. The van der Waals surface area contributed by atoms with Crippen LogP contribution in [-0.4, -0.2) is 0 Å². The lowest BCUT2D eigenvalue weighted by molar-refractivity contribution is 0.453. The molecule has 2 aliphatic carbocycles. The fraction of sp³-hybridized carbons (Fsp3) is 0.444. The summed E-state index contributed by atoms with van der Waals surface area (Å²) in [6.45, 7) is 2.34. The summed E-state index contributed by atoms with van der Waals surface area (Å²) in [7, 11) is 0. The number of rotatable bonds is 1. The molecule has 2 atom stereocenters. The molecule has 2 aliphatic rings. The highest BCUT2D eigenvalue weighted by atomic mass is 14.3. The van der Waals surface area contributed by atoms with Crippen molar-refractivity contribution in [3.05, 3.63) is 47.0 Å². The van der Waals surface area contributed by atoms with Crippen molar-refractivity contribution in [2.45, 2.75) is 50.9 Å². The van der Waals surface area contributed by atoms with Gasteiger partial charge in [-0.2, -0.15) is 0 Å². The van der Waals surface area contributed by atoms with Crippen molar-refractivity contribution in [2.75, 3.05) is 0 Å². The minimum absolute atomic E-state index is 0.812. The van der Waals surface area contributed by atoms with Crippen LogP contribution in [-0.2, 0) is 6.42 Å². The van der Waals surface area contributed by atoms with Crippen LogP contribution in [0.3, 0.4) is 0 Å². The second kappa shape index (κ2) is 3.85. The molecule has 0 saturated carbocycles. The Morgan fingerprint density at radius 1 is 1.06 bits per heavy atom. The Morgan fingerprint density at radius 3 is 2.89 bits per heavy atom. The van der Waals surface area contributed by atoms with E-state index in [1.165, 1.54) is 37.5 Å². The molecule has 0 N–H and O–H groups in total. The zero-order valence-electron chi connectivity index (χ0n) is 11.1. The molecule has 92 valence electrons. The second-order valence-corrected chi connectivity index (χ2v) is 6.00. The SMILES string of the molecule is CCC1CCC2CCc3cccc4ccc1c2c34. The van der Waals surface area contributed by atoms with Gasteiger partial charge in [-0.25, -0.2) is 0 Å². The minimum Gasteiger partial charge on any atom is -0.0648 e. The first-order valence-electron chi connectivity index (χ1n) is 7.43. The molecule has 0 amide bonds. The summed E-state index contributed by atoms with van der Waals surface area (Å²) in [6, 6.07) is 11.6. The van der Waals surface area contributed by atoms with Gasteiger partial charge >= 0.3 is 0 Å². The molecule has 0 bridgehead atoms. The van der Waals surface area contributed by atoms with Crippen LogP contribution < -0.4 is 0 Å². The van der Waals surface area contributed by atoms with E-state index in [0.717, 1.165) is 11.8 Å². The smallest absolute Gasteiger partial charge is 0.0114 e. The maximum Gasteiger partial charge on any atom is -0.0114 e. The van der Waals surface area contributed by atoms with E-state index in [9.17, 15) is 0 Å². The molecule has 2 aromatic rings. The molecule has 2 aromatic carbocycles.